The quantitative estimate of drug-likeness (QED) is 0.915. The molecule has 0 aliphatic carbocycles. The lowest BCUT2D eigenvalue weighted by molar-refractivity contribution is 0.154. The average molecular weight is 289 g/mol. The van der Waals surface area contributed by atoms with Gasteiger partial charge in [0.2, 0.25) is 0 Å². The summed E-state index contributed by atoms with van der Waals surface area (Å²) in [6, 6.07) is 9.18. The molecule has 2 aromatic rings. The fourth-order valence-corrected chi connectivity index (χ4v) is 4.00. The zero-order valence-electron chi connectivity index (χ0n) is 12.1. The molecular weight excluding hydrogens is 266 g/mol. The van der Waals surface area contributed by atoms with Gasteiger partial charge in [0.15, 0.2) is 0 Å². The molecule has 4 heteroatoms. The third-order valence-corrected chi connectivity index (χ3v) is 5.03. The molecule has 0 unspecified atom stereocenters. The van der Waals surface area contributed by atoms with Crippen molar-refractivity contribution in [3.63, 3.8) is 0 Å². The third-order valence-electron chi connectivity index (χ3n) is 4.01. The van der Waals surface area contributed by atoms with Crippen LogP contribution in [0.2, 0.25) is 0 Å². The van der Waals surface area contributed by atoms with Crippen LogP contribution in [0.4, 0.5) is 0 Å². The van der Waals surface area contributed by atoms with Crippen molar-refractivity contribution < 1.29 is 0 Å². The molecule has 108 valence electrons. The second-order valence-corrected chi connectivity index (χ2v) is 6.64. The minimum atomic E-state index is 0.725. The Morgan fingerprint density at radius 2 is 2.10 bits per heavy atom. The molecule has 1 saturated heterocycles. The largest absolute Gasteiger partial charge is 0.317 e. The lowest BCUT2D eigenvalue weighted by Crippen LogP contribution is -2.43. The molecule has 1 aliphatic heterocycles. The van der Waals surface area contributed by atoms with Gasteiger partial charge in [0.05, 0.1) is 16.8 Å². The molecule has 0 spiro atoms. The van der Waals surface area contributed by atoms with Gasteiger partial charge in [-0.05, 0) is 51.0 Å². The SMILES string of the molecule is CCCN(Cc1nc2ccccc2s1)C1CCNCC1. The molecule has 3 nitrogen and oxygen atoms in total. The Balaban J connectivity index is 1.74. The fraction of sp³-hybridized carbons (Fsp3) is 0.562. The molecule has 0 amide bonds. The molecule has 20 heavy (non-hydrogen) atoms. The van der Waals surface area contributed by atoms with E-state index in [2.05, 4.69) is 41.4 Å². The van der Waals surface area contributed by atoms with Crippen molar-refractivity contribution in [2.45, 2.75) is 38.8 Å². The number of rotatable bonds is 5. The van der Waals surface area contributed by atoms with Gasteiger partial charge in [-0.15, -0.1) is 11.3 Å². The topological polar surface area (TPSA) is 28.2 Å². The molecule has 3 rings (SSSR count). The zero-order valence-corrected chi connectivity index (χ0v) is 13.0. The van der Waals surface area contributed by atoms with Gasteiger partial charge >= 0.3 is 0 Å². The Morgan fingerprint density at radius 3 is 2.85 bits per heavy atom. The van der Waals surface area contributed by atoms with Crippen LogP contribution in [0.3, 0.4) is 0 Å². The van der Waals surface area contributed by atoms with E-state index in [-0.39, 0.29) is 0 Å². The van der Waals surface area contributed by atoms with E-state index in [1.165, 1.54) is 35.5 Å². The summed E-state index contributed by atoms with van der Waals surface area (Å²) in [4.78, 5) is 7.43. The highest BCUT2D eigenvalue weighted by Crippen LogP contribution is 2.24. The number of piperidine rings is 1. The summed E-state index contributed by atoms with van der Waals surface area (Å²) in [7, 11) is 0. The highest BCUT2D eigenvalue weighted by Gasteiger charge is 2.21. The minimum Gasteiger partial charge on any atom is -0.317 e. The first-order valence-corrected chi connectivity index (χ1v) is 8.47. The number of aromatic nitrogens is 1. The first-order chi connectivity index (χ1) is 9.86. The van der Waals surface area contributed by atoms with Gasteiger partial charge in [-0.1, -0.05) is 19.1 Å². The predicted octanol–water partition coefficient (Wildman–Crippen LogP) is 3.26. The number of fused-ring (bicyclic) bond motifs is 1. The summed E-state index contributed by atoms with van der Waals surface area (Å²) in [5.41, 5.74) is 1.15. The fourth-order valence-electron chi connectivity index (χ4n) is 3.01. The number of benzene rings is 1. The Hall–Kier alpha value is -0.970. The van der Waals surface area contributed by atoms with Crippen molar-refractivity contribution in [2.75, 3.05) is 19.6 Å². The van der Waals surface area contributed by atoms with Gasteiger partial charge in [0.1, 0.15) is 5.01 Å². The summed E-state index contributed by atoms with van der Waals surface area (Å²) in [6.45, 7) is 6.78. The van der Waals surface area contributed by atoms with E-state index in [1.807, 2.05) is 11.3 Å². The number of thiazole rings is 1. The Kier molecular flexibility index (Phi) is 4.65. The zero-order chi connectivity index (χ0) is 13.8. The summed E-state index contributed by atoms with van der Waals surface area (Å²) >= 11 is 1.85. The molecule has 0 saturated carbocycles. The van der Waals surface area contributed by atoms with Gasteiger partial charge in [-0.3, -0.25) is 4.90 Å². The minimum absolute atomic E-state index is 0.725. The Morgan fingerprint density at radius 1 is 1.30 bits per heavy atom. The lowest BCUT2D eigenvalue weighted by Gasteiger charge is -2.33. The molecule has 1 N–H and O–H groups in total. The Labute approximate surface area is 125 Å². The van der Waals surface area contributed by atoms with Crippen LogP contribution in [0.1, 0.15) is 31.2 Å². The van der Waals surface area contributed by atoms with Gasteiger partial charge in [-0.25, -0.2) is 4.98 Å². The van der Waals surface area contributed by atoms with E-state index in [0.717, 1.165) is 31.2 Å². The van der Waals surface area contributed by atoms with Crippen molar-refractivity contribution in [1.29, 1.82) is 0 Å². The summed E-state index contributed by atoms with van der Waals surface area (Å²) in [6.07, 6.45) is 3.75. The van der Waals surface area contributed by atoms with Crippen molar-refractivity contribution in [2.24, 2.45) is 0 Å². The van der Waals surface area contributed by atoms with E-state index < -0.39 is 0 Å². The van der Waals surface area contributed by atoms with Crippen LogP contribution in [-0.4, -0.2) is 35.6 Å². The van der Waals surface area contributed by atoms with Crippen molar-refractivity contribution in [1.82, 2.24) is 15.2 Å². The van der Waals surface area contributed by atoms with E-state index >= 15 is 0 Å². The number of hydrogen-bond donors (Lipinski definition) is 1. The molecule has 0 radical (unpaired) electrons. The first-order valence-electron chi connectivity index (χ1n) is 7.66. The summed E-state index contributed by atoms with van der Waals surface area (Å²) < 4.78 is 1.31. The first kappa shape index (κ1) is 14.0. The number of hydrogen-bond acceptors (Lipinski definition) is 4. The second-order valence-electron chi connectivity index (χ2n) is 5.53. The highest BCUT2D eigenvalue weighted by molar-refractivity contribution is 7.18. The number of nitrogens with one attached hydrogen (secondary N) is 1. The van der Waals surface area contributed by atoms with Gasteiger partial charge in [0.25, 0.3) is 0 Å². The molecule has 0 bridgehead atoms. The highest BCUT2D eigenvalue weighted by atomic mass is 32.1. The lowest BCUT2D eigenvalue weighted by atomic mass is 10.0. The molecule has 2 heterocycles. The smallest absolute Gasteiger partial charge is 0.108 e. The Bertz CT molecular complexity index is 512. The third kappa shape index (κ3) is 3.19. The predicted molar refractivity (Wildman–Crippen MR) is 86.2 cm³/mol. The standard InChI is InChI=1S/C16H23N3S/c1-2-11-19(13-7-9-17-10-8-13)12-16-18-14-5-3-4-6-15(14)20-16/h3-6,13,17H,2,7-12H2,1H3. The maximum absolute atomic E-state index is 4.79. The van der Waals surface area contributed by atoms with E-state index in [9.17, 15) is 0 Å². The van der Waals surface area contributed by atoms with Crippen molar-refractivity contribution >= 4 is 21.6 Å². The van der Waals surface area contributed by atoms with E-state index in [4.69, 9.17) is 4.98 Å². The van der Waals surface area contributed by atoms with Gasteiger partial charge < -0.3 is 5.32 Å². The number of para-hydroxylation sites is 1. The normalized spacial score (nSPS) is 17.1. The molecular formula is C16H23N3S. The molecule has 1 fully saturated rings. The molecule has 1 aliphatic rings. The van der Waals surface area contributed by atoms with Crippen molar-refractivity contribution in [3.8, 4) is 0 Å². The van der Waals surface area contributed by atoms with Crippen molar-refractivity contribution in [3.05, 3.63) is 29.3 Å². The monoisotopic (exact) mass is 289 g/mol. The number of nitrogens with zero attached hydrogens (tertiary/aromatic N) is 2. The van der Waals surface area contributed by atoms with Crippen LogP contribution in [0.15, 0.2) is 24.3 Å². The van der Waals surface area contributed by atoms with Crippen LogP contribution in [0, 0.1) is 0 Å². The maximum atomic E-state index is 4.79. The van der Waals surface area contributed by atoms with E-state index in [1.54, 1.807) is 0 Å². The summed E-state index contributed by atoms with van der Waals surface area (Å²) in [5.74, 6) is 0. The van der Waals surface area contributed by atoms with E-state index in [0.29, 0.717) is 0 Å². The molecule has 1 aromatic carbocycles. The average Bonchev–Trinajstić information content (AvgIpc) is 2.90. The maximum Gasteiger partial charge on any atom is 0.108 e. The molecule has 1 aromatic heterocycles. The van der Waals surface area contributed by atoms with Crippen LogP contribution in [-0.2, 0) is 6.54 Å². The van der Waals surface area contributed by atoms with Gasteiger partial charge in [0, 0.05) is 6.04 Å². The van der Waals surface area contributed by atoms with Gasteiger partial charge in [-0.2, -0.15) is 0 Å². The van der Waals surface area contributed by atoms with Crippen LogP contribution in [0.5, 0.6) is 0 Å². The summed E-state index contributed by atoms with van der Waals surface area (Å²) in [5, 5.41) is 4.72. The van der Waals surface area contributed by atoms with Crippen LogP contribution >= 0.6 is 11.3 Å². The molecule has 0 atom stereocenters. The van der Waals surface area contributed by atoms with Crippen LogP contribution in [0.25, 0.3) is 10.2 Å². The second kappa shape index (κ2) is 6.66. The van der Waals surface area contributed by atoms with Crippen LogP contribution < -0.4 is 5.32 Å².